The van der Waals surface area contributed by atoms with Gasteiger partial charge in [0.2, 0.25) is 0 Å². The highest BCUT2D eigenvalue weighted by molar-refractivity contribution is 5.81. The normalized spacial score (nSPS) is 13.0. The Balaban J connectivity index is 2.01. The third-order valence-corrected chi connectivity index (χ3v) is 4.01. The first kappa shape index (κ1) is 17.9. The van der Waals surface area contributed by atoms with Crippen LogP contribution in [0.5, 0.6) is 11.5 Å². The lowest BCUT2D eigenvalue weighted by Crippen LogP contribution is -2.38. The molecular formula is C20H25NO3. The number of amides is 1. The molecule has 4 nitrogen and oxygen atoms in total. The summed E-state index contributed by atoms with van der Waals surface area (Å²) in [4.78, 5) is 12.5. The second-order valence-corrected chi connectivity index (χ2v) is 5.77. The van der Waals surface area contributed by atoms with Crippen LogP contribution in [-0.2, 0) is 4.79 Å². The zero-order valence-electron chi connectivity index (χ0n) is 14.7. The van der Waals surface area contributed by atoms with Crippen LogP contribution in [0, 0.1) is 6.92 Å². The maximum atomic E-state index is 12.5. The van der Waals surface area contributed by atoms with E-state index in [4.69, 9.17) is 9.47 Å². The first-order valence-electron chi connectivity index (χ1n) is 8.21. The standard InChI is InChI=1S/C20H25NO3/c1-5-18(16-10-12-17(23-4)13-11-16)21-20(22)15(3)24-19-9-7-6-8-14(19)2/h6-13,15,18H,5H2,1-4H3,(H,21,22). The number of ether oxygens (including phenoxy) is 2. The highest BCUT2D eigenvalue weighted by atomic mass is 16.5. The Hall–Kier alpha value is -2.49. The van der Waals surface area contributed by atoms with Gasteiger partial charge in [0.05, 0.1) is 13.2 Å². The molecule has 0 aliphatic carbocycles. The molecule has 0 aliphatic rings. The number of carbonyl (C=O) groups is 1. The molecule has 0 aliphatic heterocycles. The summed E-state index contributed by atoms with van der Waals surface area (Å²) in [6.45, 7) is 5.77. The van der Waals surface area contributed by atoms with E-state index in [0.717, 1.165) is 29.0 Å². The Bertz CT molecular complexity index is 667. The molecule has 4 heteroatoms. The van der Waals surface area contributed by atoms with Gasteiger partial charge < -0.3 is 14.8 Å². The maximum Gasteiger partial charge on any atom is 0.261 e. The van der Waals surface area contributed by atoms with Crippen LogP contribution in [0.15, 0.2) is 48.5 Å². The average molecular weight is 327 g/mol. The van der Waals surface area contributed by atoms with Crippen molar-refractivity contribution in [3.63, 3.8) is 0 Å². The zero-order chi connectivity index (χ0) is 17.5. The van der Waals surface area contributed by atoms with Gasteiger partial charge in [0.15, 0.2) is 6.10 Å². The molecule has 0 saturated carbocycles. The largest absolute Gasteiger partial charge is 0.497 e. The van der Waals surface area contributed by atoms with E-state index >= 15 is 0 Å². The minimum absolute atomic E-state index is 0.0497. The highest BCUT2D eigenvalue weighted by Crippen LogP contribution is 2.21. The van der Waals surface area contributed by atoms with Crippen molar-refractivity contribution in [3.8, 4) is 11.5 Å². The Morgan fingerprint density at radius 3 is 2.38 bits per heavy atom. The van der Waals surface area contributed by atoms with Crippen molar-refractivity contribution in [1.29, 1.82) is 0 Å². The third-order valence-electron chi connectivity index (χ3n) is 4.01. The molecule has 0 bridgehead atoms. The van der Waals surface area contributed by atoms with E-state index in [9.17, 15) is 4.79 Å². The van der Waals surface area contributed by atoms with Gasteiger partial charge in [-0.3, -0.25) is 4.79 Å². The van der Waals surface area contributed by atoms with Crippen molar-refractivity contribution in [1.82, 2.24) is 5.32 Å². The fourth-order valence-electron chi connectivity index (χ4n) is 2.48. The van der Waals surface area contributed by atoms with Gasteiger partial charge in [0, 0.05) is 0 Å². The molecule has 1 N–H and O–H groups in total. The van der Waals surface area contributed by atoms with Gasteiger partial charge in [-0.15, -0.1) is 0 Å². The fourth-order valence-corrected chi connectivity index (χ4v) is 2.48. The predicted molar refractivity (Wildman–Crippen MR) is 95.4 cm³/mol. The van der Waals surface area contributed by atoms with Crippen molar-refractivity contribution in [2.24, 2.45) is 0 Å². The number of hydrogen-bond donors (Lipinski definition) is 1. The second kappa shape index (κ2) is 8.39. The van der Waals surface area contributed by atoms with Crippen LogP contribution in [0.3, 0.4) is 0 Å². The lowest BCUT2D eigenvalue weighted by molar-refractivity contribution is -0.128. The SMILES string of the molecule is CCC(NC(=O)C(C)Oc1ccccc1C)c1ccc(OC)cc1. The Morgan fingerprint density at radius 2 is 1.79 bits per heavy atom. The van der Waals surface area contributed by atoms with Crippen LogP contribution in [0.4, 0.5) is 0 Å². The van der Waals surface area contributed by atoms with E-state index in [2.05, 4.69) is 5.32 Å². The van der Waals surface area contributed by atoms with Gasteiger partial charge >= 0.3 is 0 Å². The van der Waals surface area contributed by atoms with Gasteiger partial charge in [-0.2, -0.15) is 0 Å². The summed E-state index contributed by atoms with van der Waals surface area (Å²) < 4.78 is 11.0. The van der Waals surface area contributed by atoms with E-state index in [-0.39, 0.29) is 11.9 Å². The van der Waals surface area contributed by atoms with Crippen molar-refractivity contribution in [3.05, 3.63) is 59.7 Å². The highest BCUT2D eigenvalue weighted by Gasteiger charge is 2.19. The number of hydrogen-bond acceptors (Lipinski definition) is 3. The van der Waals surface area contributed by atoms with Crippen LogP contribution in [-0.4, -0.2) is 19.1 Å². The van der Waals surface area contributed by atoms with Gasteiger partial charge in [-0.25, -0.2) is 0 Å². The predicted octanol–water partition coefficient (Wildman–Crippen LogP) is 4.04. The molecule has 2 aromatic rings. The Kier molecular flexibility index (Phi) is 6.24. The molecule has 0 aromatic heterocycles. The number of benzene rings is 2. The van der Waals surface area contributed by atoms with Crippen molar-refractivity contribution < 1.29 is 14.3 Å². The van der Waals surface area contributed by atoms with Gasteiger partial charge in [0.25, 0.3) is 5.91 Å². The van der Waals surface area contributed by atoms with Crippen LogP contribution < -0.4 is 14.8 Å². The number of aryl methyl sites for hydroxylation is 1. The maximum absolute atomic E-state index is 12.5. The number of nitrogens with one attached hydrogen (secondary N) is 1. The summed E-state index contributed by atoms with van der Waals surface area (Å²) in [7, 11) is 1.64. The van der Waals surface area contributed by atoms with Gasteiger partial charge in [0.1, 0.15) is 11.5 Å². The van der Waals surface area contributed by atoms with Crippen LogP contribution in [0.1, 0.15) is 37.4 Å². The van der Waals surface area contributed by atoms with E-state index in [1.165, 1.54) is 0 Å². The molecule has 2 aromatic carbocycles. The first-order valence-corrected chi connectivity index (χ1v) is 8.21. The molecule has 2 rings (SSSR count). The lowest BCUT2D eigenvalue weighted by atomic mass is 10.0. The van der Waals surface area contributed by atoms with E-state index in [1.807, 2.05) is 62.4 Å². The number of carbonyl (C=O) groups excluding carboxylic acids is 1. The molecular weight excluding hydrogens is 302 g/mol. The summed E-state index contributed by atoms with van der Waals surface area (Å²) in [5.74, 6) is 1.41. The molecule has 24 heavy (non-hydrogen) atoms. The van der Waals surface area contributed by atoms with Crippen LogP contribution >= 0.6 is 0 Å². The Labute approximate surface area is 143 Å². The molecule has 0 heterocycles. The van der Waals surface area contributed by atoms with Gasteiger partial charge in [-0.1, -0.05) is 37.3 Å². The van der Waals surface area contributed by atoms with Crippen molar-refractivity contribution in [2.75, 3.05) is 7.11 Å². The lowest BCUT2D eigenvalue weighted by Gasteiger charge is -2.21. The summed E-state index contributed by atoms with van der Waals surface area (Å²) in [6, 6.07) is 15.4. The topological polar surface area (TPSA) is 47.6 Å². The van der Waals surface area contributed by atoms with E-state index < -0.39 is 6.10 Å². The Morgan fingerprint density at radius 1 is 1.12 bits per heavy atom. The van der Waals surface area contributed by atoms with E-state index in [0.29, 0.717) is 0 Å². The minimum Gasteiger partial charge on any atom is -0.497 e. The molecule has 0 fully saturated rings. The smallest absolute Gasteiger partial charge is 0.261 e. The monoisotopic (exact) mass is 327 g/mol. The molecule has 2 atom stereocenters. The molecule has 0 radical (unpaired) electrons. The number of methoxy groups -OCH3 is 1. The minimum atomic E-state index is -0.557. The van der Waals surface area contributed by atoms with Gasteiger partial charge in [-0.05, 0) is 49.6 Å². The summed E-state index contributed by atoms with van der Waals surface area (Å²) in [5.41, 5.74) is 2.06. The second-order valence-electron chi connectivity index (χ2n) is 5.77. The molecule has 1 amide bonds. The van der Waals surface area contributed by atoms with Crippen molar-refractivity contribution in [2.45, 2.75) is 39.3 Å². The molecule has 0 spiro atoms. The summed E-state index contributed by atoms with van der Waals surface area (Å²) in [6.07, 6.45) is 0.244. The van der Waals surface area contributed by atoms with Crippen LogP contribution in [0.2, 0.25) is 0 Å². The molecule has 2 unspecified atom stereocenters. The first-order chi connectivity index (χ1) is 11.5. The average Bonchev–Trinajstić information content (AvgIpc) is 2.61. The van der Waals surface area contributed by atoms with Crippen LogP contribution in [0.25, 0.3) is 0 Å². The van der Waals surface area contributed by atoms with Crippen molar-refractivity contribution >= 4 is 5.91 Å². The third kappa shape index (κ3) is 4.51. The molecule has 128 valence electrons. The van der Waals surface area contributed by atoms with E-state index in [1.54, 1.807) is 14.0 Å². The summed E-state index contributed by atoms with van der Waals surface area (Å²) >= 11 is 0. The quantitative estimate of drug-likeness (QED) is 0.835. The summed E-state index contributed by atoms with van der Waals surface area (Å²) in [5, 5.41) is 3.06. The zero-order valence-corrected chi connectivity index (χ0v) is 14.7. The number of para-hydroxylation sites is 1. The fraction of sp³-hybridized carbons (Fsp3) is 0.350. The molecule has 0 saturated heterocycles. The number of rotatable bonds is 7.